The molecule has 1 aliphatic rings. The van der Waals surface area contributed by atoms with Crippen molar-refractivity contribution >= 4 is 17.3 Å². The number of aryl methyl sites for hydroxylation is 1. The summed E-state index contributed by atoms with van der Waals surface area (Å²) in [6, 6.07) is 0.535. The van der Waals surface area contributed by atoms with Crippen LogP contribution in [0.25, 0.3) is 0 Å². The predicted octanol–water partition coefficient (Wildman–Crippen LogP) is 2.49. The number of aromatic nitrogens is 1. The summed E-state index contributed by atoms with van der Waals surface area (Å²) in [5.74, 6) is 1.74. The largest absolute Gasteiger partial charge is 0.355 e. The Hall–Kier alpha value is -1.14. The van der Waals surface area contributed by atoms with Crippen molar-refractivity contribution in [3.8, 4) is 0 Å². The molecule has 2 rings (SSSR count). The van der Waals surface area contributed by atoms with Gasteiger partial charge in [0.25, 0.3) is 0 Å². The van der Waals surface area contributed by atoms with Crippen molar-refractivity contribution in [2.75, 3.05) is 26.7 Å². The van der Waals surface area contributed by atoms with Gasteiger partial charge >= 0.3 is 0 Å². The Morgan fingerprint density at radius 3 is 2.78 bits per heavy atom. The molecular formula is C17H31N5S. The molecule has 23 heavy (non-hydrogen) atoms. The van der Waals surface area contributed by atoms with Crippen molar-refractivity contribution < 1.29 is 0 Å². The zero-order valence-corrected chi connectivity index (χ0v) is 15.7. The van der Waals surface area contributed by atoms with Gasteiger partial charge < -0.3 is 10.6 Å². The maximum absolute atomic E-state index is 4.43. The first-order valence-corrected chi connectivity index (χ1v) is 9.56. The molecule has 0 bridgehead atoms. The molecule has 1 aliphatic heterocycles. The number of nitrogens with zero attached hydrogens (tertiary/aromatic N) is 3. The van der Waals surface area contributed by atoms with E-state index in [1.165, 1.54) is 30.8 Å². The summed E-state index contributed by atoms with van der Waals surface area (Å²) in [5.41, 5.74) is 0. The van der Waals surface area contributed by atoms with Crippen molar-refractivity contribution in [3.63, 3.8) is 0 Å². The van der Waals surface area contributed by atoms with Crippen molar-refractivity contribution in [2.45, 2.75) is 52.6 Å². The number of likely N-dealkylation sites (tertiary alicyclic amines) is 1. The van der Waals surface area contributed by atoms with E-state index in [-0.39, 0.29) is 0 Å². The highest BCUT2D eigenvalue weighted by Gasteiger charge is 2.20. The highest BCUT2D eigenvalue weighted by Crippen LogP contribution is 2.17. The van der Waals surface area contributed by atoms with E-state index >= 15 is 0 Å². The minimum Gasteiger partial charge on any atom is -0.355 e. The summed E-state index contributed by atoms with van der Waals surface area (Å²) in [5, 5.41) is 7.91. The minimum atomic E-state index is 0.535. The Kier molecular flexibility index (Phi) is 7.30. The van der Waals surface area contributed by atoms with E-state index in [4.69, 9.17) is 0 Å². The van der Waals surface area contributed by atoms with Gasteiger partial charge in [0.05, 0.1) is 6.54 Å². The summed E-state index contributed by atoms with van der Waals surface area (Å²) in [6.45, 7) is 10.9. The zero-order chi connectivity index (χ0) is 16.7. The van der Waals surface area contributed by atoms with Gasteiger partial charge in [-0.15, -0.1) is 11.3 Å². The molecule has 2 heterocycles. The lowest BCUT2D eigenvalue weighted by Crippen LogP contribution is -2.47. The van der Waals surface area contributed by atoms with E-state index in [1.54, 1.807) is 11.3 Å². The van der Waals surface area contributed by atoms with Crippen molar-refractivity contribution in [3.05, 3.63) is 16.1 Å². The standard InChI is InChI=1S/C17H31N5S/c1-5-15-11-19-16(23-15)12-21-17(18-4)20-10-14(3)22-8-6-13(2)7-9-22/h11,13-14H,5-10,12H2,1-4H3,(H2,18,20,21). The van der Waals surface area contributed by atoms with Gasteiger partial charge in [-0.3, -0.25) is 9.89 Å². The fraction of sp³-hybridized carbons (Fsp3) is 0.765. The van der Waals surface area contributed by atoms with Crippen LogP contribution in [0, 0.1) is 5.92 Å². The van der Waals surface area contributed by atoms with Gasteiger partial charge in [0.1, 0.15) is 5.01 Å². The van der Waals surface area contributed by atoms with E-state index in [2.05, 4.69) is 46.3 Å². The van der Waals surface area contributed by atoms with Crippen molar-refractivity contribution in [1.29, 1.82) is 0 Å². The first-order chi connectivity index (χ1) is 11.1. The van der Waals surface area contributed by atoms with Crippen LogP contribution in [0.5, 0.6) is 0 Å². The number of guanidine groups is 1. The summed E-state index contributed by atoms with van der Waals surface area (Å²) < 4.78 is 0. The summed E-state index contributed by atoms with van der Waals surface area (Å²) in [6.07, 6.45) is 5.66. The molecule has 1 saturated heterocycles. The Labute approximate surface area is 144 Å². The van der Waals surface area contributed by atoms with Crippen LogP contribution in [-0.2, 0) is 13.0 Å². The number of hydrogen-bond acceptors (Lipinski definition) is 4. The third-order valence-corrected chi connectivity index (χ3v) is 5.73. The maximum Gasteiger partial charge on any atom is 0.191 e. The zero-order valence-electron chi connectivity index (χ0n) is 14.9. The summed E-state index contributed by atoms with van der Waals surface area (Å²) in [7, 11) is 1.82. The lowest BCUT2D eigenvalue weighted by molar-refractivity contribution is 0.147. The van der Waals surface area contributed by atoms with Gasteiger partial charge in [0.2, 0.25) is 0 Å². The monoisotopic (exact) mass is 337 g/mol. The van der Waals surface area contributed by atoms with Gasteiger partial charge in [-0.25, -0.2) is 4.98 Å². The molecule has 2 N–H and O–H groups in total. The van der Waals surface area contributed by atoms with Crippen molar-refractivity contribution in [1.82, 2.24) is 20.5 Å². The molecule has 0 aliphatic carbocycles. The molecule has 0 spiro atoms. The normalized spacial score (nSPS) is 18.9. The first kappa shape index (κ1) is 18.2. The number of aliphatic imine (C=N–C) groups is 1. The Bertz CT molecular complexity index is 491. The van der Waals surface area contributed by atoms with Gasteiger partial charge in [-0.05, 0) is 45.2 Å². The minimum absolute atomic E-state index is 0.535. The third-order valence-electron chi connectivity index (χ3n) is 4.59. The molecule has 1 atom stereocenters. The molecule has 0 aromatic carbocycles. The SMILES string of the molecule is CCc1cnc(CNC(=NC)NCC(C)N2CCC(C)CC2)s1. The second kappa shape index (κ2) is 9.23. The van der Waals surface area contributed by atoms with Gasteiger partial charge in [0, 0.05) is 30.7 Å². The number of nitrogens with one attached hydrogen (secondary N) is 2. The molecule has 1 fully saturated rings. The van der Waals surface area contributed by atoms with E-state index in [9.17, 15) is 0 Å². The fourth-order valence-electron chi connectivity index (χ4n) is 2.82. The predicted molar refractivity (Wildman–Crippen MR) is 99.1 cm³/mol. The second-order valence-electron chi connectivity index (χ2n) is 6.45. The fourth-order valence-corrected chi connectivity index (χ4v) is 3.62. The Morgan fingerprint density at radius 2 is 2.17 bits per heavy atom. The van der Waals surface area contributed by atoms with Crippen LogP contribution >= 0.6 is 11.3 Å². The van der Waals surface area contributed by atoms with Gasteiger partial charge in [-0.1, -0.05) is 13.8 Å². The molecule has 5 nitrogen and oxygen atoms in total. The molecular weight excluding hydrogens is 306 g/mol. The van der Waals surface area contributed by atoms with E-state index < -0.39 is 0 Å². The topological polar surface area (TPSA) is 52.6 Å². The van der Waals surface area contributed by atoms with Crippen LogP contribution in [0.3, 0.4) is 0 Å². The van der Waals surface area contributed by atoms with Gasteiger partial charge in [0.15, 0.2) is 5.96 Å². The highest BCUT2D eigenvalue weighted by molar-refractivity contribution is 7.11. The smallest absolute Gasteiger partial charge is 0.191 e. The molecule has 130 valence electrons. The second-order valence-corrected chi connectivity index (χ2v) is 7.65. The first-order valence-electron chi connectivity index (χ1n) is 8.74. The average molecular weight is 338 g/mol. The van der Waals surface area contributed by atoms with Crippen LogP contribution in [0.15, 0.2) is 11.2 Å². The highest BCUT2D eigenvalue weighted by atomic mass is 32.1. The molecule has 1 aromatic rings. The molecule has 0 saturated carbocycles. The van der Waals surface area contributed by atoms with Crippen LogP contribution in [-0.4, -0.2) is 48.6 Å². The van der Waals surface area contributed by atoms with Crippen molar-refractivity contribution in [2.24, 2.45) is 10.9 Å². The summed E-state index contributed by atoms with van der Waals surface area (Å²) in [4.78, 5) is 12.7. The number of thiazole rings is 1. The van der Waals surface area contributed by atoms with Crippen LogP contribution < -0.4 is 10.6 Å². The number of rotatable bonds is 6. The van der Waals surface area contributed by atoms with E-state index in [0.29, 0.717) is 6.04 Å². The van der Waals surface area contributed by atoms with E-state index in [1.807, 2.05) is 13.2 Å². The Morgan fingerprint density at radius 1 is 1.43 bits per heavy atom. The lowest BCUT2D eigenvalue weighted by atomic mass is 9.98. The van der Waals surface area contributed by atoms with Gasteiger partial charge in [-0.2, -0.15) is 0 Å². The lowest BCUT2D eigenvalue weighted by Gasteiger charge is -2.35. The third kappa shape index (κ3) is 5.77. The molecule has 6 heteroatoms. The number of hydrogen-bond donors (Lipinski definition) is 2. The van der Waals surface area contributed by atoms with Crippen LogP contribution in [0.4, 0.5) is 0 Å². The molecule has 0 amide bonds. The Balaban J connectivity index is 1.72. The molecule has 1 unspecified atom stereocenters. The molecule has 1 aromatic heterocycles. The number of piperidine rings is 1. The summed E-state index contributed by atoms with van der Waals surface area (Å²) >= 11 is 1.77. The molecule has 0 radical (unpaired) electrons. The maximum atomic E-state index is 4.43. The van der Waals surface area contributed by atoms with E-state index in [0.717, 1.165) is 36.4 Å². The van der Waals surface area contributed by atoms with Crippen LogP contribution in [0.1, 0.15) is 43.5 Å². The quantitative estimate of drug-likeness (QED) is 0.618. The van der Waals surface area contributed by atoms with Crippen LogP contribution in [0.2, 0.25) is 0 Å². The average Bonchev–Trinajstić information content (AvgIpc) is 3.03.